The number of anilines is 1. The minimum atomic E-state index is -0.493. The number of nitrogens with one attached hydrogen (secondary N) is 2. The maximum absolute atomic E-state index is 11.8. The molecule has 0 aliphatic carbocycles. The van der Waals surface area contributed by atoms with Crippen LogP contribution >= 0.6 is 11.8 Å². The van der Waals surface area contributed by atoms with Gasteiger partial charge >= 0.3 is 0 Å². The summed E-state index contributed by atoms with van der Waals surface area (Å²) >= 11 is 1.25. The van der Waals surface area contributed by atoms with Gasteiger partial charge in [-0.2, -0.15) is 10.4 Å². The molecule has 0 radical (unpaired) electrons. The molecule has 24 heavy (non-hydrogen) atoms. The highest BCUT2D eigenvalue weighted by atomic mass is 32.2. The summed E-state index contributed by atoms with van der Waals surface area (Å²) in [6.07, 6.45) is 1.07. The third kappa shape index (κ3) is 5.98. The average molecular weight is 342 g/mol. The molecule has 0 aliphatic heterocycles. The number of hydrogen-bond donors (Lipinski definition) is 2. The molecular weight excluding hydrogens is 328 g/mol. The molecule has 0 atom stereocenters. The van der Waals surface area contributed by atoms with Gasteiger partial charge in [-0.1, -0.05) is 30.0 Å². The van der Waals surface area contributed by atoms with Crippen molar-refractivity contribution in [3.05, 3.63) is 48.2 Å². The van der Waals surface area contributed by atoms with Crippen LogP contribution in [0, 0.1) is 11.3 Å². The molecule has 0 saturated heterocycles. The van der Waals surface area contributed by atoms with Crippen LogP contribution in [0.15, 0.2) is 57.1 Å². The zero-order valence-corrected chi connectivity index (χ0v) is 13.4. The van der Waals surface area contributed by atoms with E-state index >= 15 is 0 Å². The zero-order valence-electron chi connectivity index (χ0n) is 12.6. The minimum Gasteiger partial charge on any atom is -0.449 e. The van der Waals surface area contributed by atoms with Crippen LogP contribution in [0.1, 0.15) is 12.2 Å². The molecule has 0 unspecified atom stereocenters. The van der Waals surface area contributed by atoms with Crippen LogP contribution in [0.2, 0.25) is 0 Å². The molecule has 0 saturated carbocycles. The van der Waals surface area contributed by atoms with Crippen LogP contribution in [-0.4, -0.2) is 23.8 Å². The topological polar surface area (TPSA) is 107 Å². The molecule has 1 aromatic carbocycles. The quantitative estimate of drug-likeness (QED) is 0.456. The number of nitriles is 1. The second-order valence-corrected chi connectivity index (χ2v) is 5.47. The monoisotopic (exact) mass is 342 g/mol. The second kappa shape index (κ2) is 9.17. The fourth-order valence-electron chi connectivity index (χ4n) is 1.62. The molecule has 0 fully saturated rings. The molecule has 1 heterocycles. The predicted molar refractivity (Wildman–Crippen MR) is 90.5 cm³/mol. The molecule has 0 aliphatic rings. The highest BCUT2D eigenvalue weighted by Gasteiger charge is 2.06. The van der Waals surface area contributed by atoms with Gasteiger partial charge in [-0.3, -0.25) is 9.59 Å². The number of hydrazone groups is 1. The van der Waals surface area contributed by atoms with Gasteiger partial charge in [0.05, 0.1) is 18.0 Å². The smallest absolute Gasteiger partial charge is 0.254 e. The van der Waals surface area contributed by atoms with Gasteiger partial charge in [0.1, 0.15) is 12.2 Å². The average Bonchev–Trinajstić information content (AvgIpc) is 3.02. The van der Waals surface area contributed by atoms with Gasteiger partial charge in [-0.25, -0.2) is 5.43 Å². The van der Waals surface area contributed by atoms with Crippen molar-refractivity contribution < 1.29 is 14.0 Å². The Labute approximate surface area is 142 Å². The number of para-hydroxylation sites is 1. The number of nitrogens with zero attached hydrogens (tertiary/aromatic N) is 2. The SMILES string of the molecule is N#CCC(=O)NN=Cc1ccc(SCC(=O)Nc2ccccc2)o1. The normalized spacial score (nSPS) is 10.3. The summed E-state index contributed by atoms with van der Waals surface area (Å²) in [5, 5.41) is 15.3. The van der Waals surface area contributed by atoms with Crippen molar-refractivity contribution in [3.63, 3.8) is 0 Å². The Bertz CT molecular complexity index is 765. The number of thioether (sulfide) groups is 1. The van der Waals surface area contributed by atoms with E-state index in [1.165, 1.54) is 18.0 Å². The van der Waals surface area contributed by atoms with E-state index in [1.807, 2.05) is 30.3 Å². The van der Waals surface area contributed by atoms with Crippen molar-refractivity contribution >= 4 is 35.5 Å². The zero-order chi connectivity index (χ0) is 17.2. The Morgan fingerprint density at radius 3 is 2.75 bits per heavy atom. The molecule has 8 heteroatoms. The fourth-order valence-corrected chi connectivity index (χ4v) is 2.28. The van der Waals surface area contributed by atoms with Crippen molar-refractivity contribution in [1.82, 2.24) is 5.43 Å². The number of hydrogen-bond acceptors (Lipinski definition) is 6. The van der Waals surface area contributed by atoms with Crippen LogP contribution in [0.5, 0.6) is 0 Å². The van der Waals surface area contributed by atoms with E-state index in [0.717, 1.165) is 5.69 Å². The van der Waals surface area contributed by atoms with Crippen molar-refractivity contribution in [2.24, 2.45) is 5.10 Å². The lowest BCUT2D eigenvalue weighted by molar-refractivity contribution is -0.120. The van der Waals surface area contributed by atoms with E-state index in [9.17, 15) is 9.59 Å². The summed E-state index contributed by atoms with van der Waals surface area (Å²) in [4.78, 5) is 22.9. The second-order valence-electron chi connectivity index (χ2n) is 4.49. The van der Waals surface area contributed by atoms with E-state index in [1.54, 1.807) is 18.2 Å². The molecule has 0 spiro atoms. The van der Waals surface area contributed by atoms with Crippen molar-refractivity contribution in [1.29, 1.82) is 5.26 Å². The van der Waals surface area contributed by atoms with E-state index in [2.05, 4.69) is 15.8 Å². The molecule has 122 valence electrons. The summed E-state index contributed by atoms with van der Waals surface area (Å²) in [7, 11) is 0. The number of carbonyl (C=O) groups is 2. The van der Waals surface area contributed by atoms with Crippen LogP contribution in [0.3, 0.4) is 0 Å². The lowest BCUT2D eigenvalue weighted by Crippen LogP contribution is -2.15. The van der Waals surface area contributed by atoms with Gasteiger partial charge in [0.2, 0.25) is 5.91 Å². The summed E-state index contributed by atoms with van der Waals surface area (Å²) in [6, 6.07) is 14.3. The Kier molecular flexibility index (Phi) is 6.61. The number of benzene rings is 1. The Hall–Kier alpha value is -3.05. The molecule has 2 N–H and O–H groups in total. The van der Waals surface area contributed by atoms with Gasteiger partial charge in [0.25, 0.3) is 5.91 Å². The third-order valence-corrected chi connectivity index (χ3v) is 3.54. The summed E-state index contributed by atoms with van der Waals surface area (Å²) in [6.45, 7) is 0. The summed E-state index contributed by atoms with van der Waals surface area (Å²) < 4.78 is 5.44. The Morgan fingerprint density at radius 1 is 1.21 bits per heavy atom. The lowest BCUT2D eigenvalue weighted by atomic mass is 10.3. The minimum absolute atomic E-state index is 0.137. The first kappa shape index (κ1) is 17.3. The Morgan fingerprint density at radius 2 is 2.00 bits per heavy atom. The molecule has 2 aromatic rings. The first-order chi connectivity index (χ1) is 11.7. The molecule has 0 bridgehead atoms. The van der Waals surface area contributed by atoms with Crippen LogP contribution in [-0.2, 0) is 9.59 Å². The van der Waals surface area contributed by atoms with Gasteiger partial charge < -0.3 is 9.73 Å². The van der Waals surface area contributed by atoms with Crippen molar-refractivity contribution in [2.75, 3.05) is 11.1 Å². The number of amides is 2. The van der Waals surface area contributed by atoms with Gasteiger partial charge in [-0.15, -0.1) is 0 Å². The third-order valence-electron chi connectivity index (χ3n) is 2.63. The van der Waals surface area contributed by atoms with Crippen LogP contribution in [0.25, 0.3) is 0 Å². The van der Waals surface area contributed by atoms with E-state index in [4.69, 9.17) is 9.68 Å². The number of carbonyl (C=O) groups excluding carboxylic acids is 2. The van der Waals surface area contributed by atoms with Gasteiger partial charge in [0.15, 0.2) is 5.09 Å². The lowest BCUT2D eigenvalue weighted by Gasteiger charge is -2.03. The van der Waals surface area contributed by atoms with Crippen molar-refractivity contribution in [3.8, 4) is 6.07 Å². The number of furan rings is 1. The van der Waals surface area contributed by atoms with Gasteiger partial charge in [-0.05, 0) is 24.3 Å². The highest BCUT2D eigenvalue weighted by molar-refractivity contribution is 7.99. The highest BCUT2D eigenvalue weighted by Crippen LogP contribution is 2.20. The standard InChI is InChI=1S/C16H14N4O3S/c17-9-8-14(21)20-18-10-13-6-7-16(23-13)24-11-15(22)19-12-4-2-1-3-5-12/h1-7,10H,8,11H2,(H,19,22)(H,20,21). The van der Waals surface area contributed by atoms with Crippen molar-refractivity contribution in [2.45, 2.75) is 11.5 Å². The van der Waals surface area contributed by atoms with Crippen LogP contribution in [0.4, 0.5) is 5.69 Å². The van der Waals surface area contributed by atoms with E-state index in [0.29, 0.717) is 10.9 Å². The number of rotatable bonds is 7. The first-order valence-corrected chi connectivity index (χ1v) is 7.92. The molecule has 2 amide bonds. The van der Waals surface area contributed by atoms with E-state index < -0.39 is 5.91 Å². The maximum atomic E-state index is 11.8. The Balaban J connectivity index is 1.77. The predicted octanol–water partition coefficient (Wildman–Crippen LogP) is 2.37. The maximum Gasteiger partial charge on any atom is 0.254 e. The molecule has 7 nitrogen and oxygen atoms in total. The van der Waals surface area contributed by atoms with Gasteiger partial charge in [0, 0.05) is 5.69 Å². The molecular formula is C16H14N4O3S. The summed E-state index contributed by atoms with van der Waals surface area (Å²) in [5.41, 5.74) is 2.94. The first-order valence-electron chi connectivity index (χ1n) is 6.94. The van der Waals surface area contributed by atoms with E-state index in [-0.39, 0.29) is 18.1 Å². The summed E-state index contributed by atoms with van der Waals surface area (Å²) in [5.74, 6) is 0.00467. The molecule has 2 rings (SSSR count). The molecule has 1 aromatic heterocycles. The largest absolute Gasteiger partial charge is 0.449 e. The fraction of sp³-hybridized carbons (Fsp3) is 0.125. The van der Waals surface area contributed by atoms with Crippen LogP contribution < -0.4 is 10.7 Å².